The minimum atomic E-state index is 0.548. The third-order valence-electron chi connectivity index (χ3n) is 14.1. The topological polar surface area (TPSA) is 61.7 Å². The Labute approximate surface area is 394 Å². The number of aromatic nitrogens is 5. The summed E-state index contributed by atoms with van der Waals surface area (Å²) in [5, 5.41) is 13.6. The van der Waals surface area contributed by atoms with Crippen LogP contribution in [0.3, 0.4) is 0 Å². The Morgan fingerprint density at radius 3 is 1.58 bits per heavy atom. The lowest BCUT2D eigenvalue weighted by atomic mass is 10.0. The lowest BCUT2D eigenvalue weighted by Gasteiger charge is -2.14. The van der Waals surface area contributed by atoms with Crippen LogP contribution in [0.25, 0.3) is 143 Å². The van der Waals surface area contributed by atoms with Gasteiger partial charge in [-0.1, -0.05) is 158 Å². The minimum absolute atomic E-state index is 0.548. The van der Waals surface area contributed by atoms with Crippen molar-refractivity contribution < 1.29 is 4.42 Å². The molecule has 0 spiro atoms. The molecule has 4 heterocycles. The first-order valence-corrected chi connectivity index (χ1v) is 23.3. The summed E-state index contributed by atoms with van der Waals surface area (Å²) in [6.45, 7) is 0. The van der Waals surface area contributed by atoms with Crippen molar-refractivity contribution in [2.75, 3.05) is 0 Å². The molecule has 0 unspecified atom stereocenters. The van der Waals surface area contributed by atoms with E-state index in [1.54, 1.807) is 0 Å². The van der Waals surface area contributed by atoms with E-state index >= 15 is 0 Å². The minimum Gasteiger partial charge on any atom is -0.456 e. The first-order valence-electron chi connectivity index (χ1n) is 23.3. The molecular weight excluding hydrogens is 843 g/mol. The van der Waals surface area contributed by atoms with Gasteiger partial charge in [0.05, 0.1) is 33.1 Å². The Hall–Kier alpha value is -9.39. The zero-order valence-corrected chi connectivity index (χ0v) is 37.0. The highest BCUT2D eigenvalue weighted by Crippen LogP contribution is 2.44. The largest absolute Gasteiger partial charge is 0.456 e. The SMILES string of the molecule is c1ccc(-n2c3ccccc3c3c(-c4nc(-c5cc(-n6c7cc8ccccc8cc7c7cc8ccccc8cc76)c6c(c5)oc5ccccc56)nc(-c5cccc6ccccc56)n4)cccc32)cc1. The molecule has 0 saturated carbocycles. The molecule has 0 saturated heterocycles. The van der Waals surface area contributed by atoms with Gasteiger partial charge in [0.15, 0.2) is 17.5 Å². The number of hydrogen-bond acceptors (Lipinski definition) is 4. The molecule has 4 aromatic heterocycles. The van der Waals surface area contributed by atoms with Gasteiger partial charge in [0.1, 0.15) is 11.2 Å². The fraction of sp³-hybridized carbons (Fsp3) is 0. The number of rotatable bonds is 5. The Kier molecular flexibility index (Phi) is 7.97. The zero-order chi connectivity index (χ0) is 45.2. The van der Waals surface area contributed by atoms with Crippen molar-refractivity contribution in [3.8, 4) is 45.5 Å². The molecule has 0 fully saturated rings. The Morgan fingerprint density at radius 2 is 0.841 bits per heavy atom. The zero-order valence-electron chi connectivity index (χ0n) is 37.0. The summed E-state index contributed by atoms with van der Waals surface area (Å²) in [5.74, 6) is 1.73. The van der Waals surface area contributed by atoms with Crippen molar-refractivity contribution in [3.05, 3.63) is 224 Å². The maximum absolute atomic E-state index is 6.87. The summed E-state index contributed by atoms with van der Waals surface area (Å²) in [6, 6.07) is 79.8. The normalized spacial score (nSPS) is 12.1. The van der Waals surface area contributed by atoms with Crippen LogP contribution in [0.5, 0.6) is 0 Å². The van der Waals surface area contributed by atoms with Crippen LogP contribution in [0.4, 0.5) is 0 Å². The van der Waals surface area contributed by atoms with Crippen molar-refractivity contribution in [1.82, 2.24) is 24.1 Å². The molecular formula is C63H37N5O. The molecule has 0 aliphatic carbocycles. The summed E-state index contributed by atoms with van der Waals surface area (Å²) < 4.78 is 11.6. The Morgan fingerprint density at radius 1 is 0.304 bits per heavy atom. The van der Waals surface area contributed by atoms with E-state index in [0.717, 1.165) is 93.6 Å². The fourth-order valence-corrected chi connectivity index (χ4v) is 11.0. The summed E-state index contributed by atoms with van der Waals surface area (Å²) in [4.78, 5) is 16.4. The molecule has 0 radical (unpaired) electrons. The number of furan rings is 1. The first-order chi connectivity index (χ1) is 34.2. The van der Waals surface area contributed by atoms with E-state index < -0.39 is 0 Å². The monoisotopic (exact) mass is 879 g/mol. The van der Waals surface area contributed by atoms with Crippen molar-refractivity contribution in [3.63, 3.8) is 0 Å². The smallest absolute Gasteiger partial charge is 0.164 e. The van der Waals surface area contributed by atoms with Gasteiger partial charge in [-0.05, 0) is 99.0 Å². The van der Waals surface area contributed by atoms with Crippen molar-refractivity contribution in [2.24, 2.45) is 0 Å². The van der Waals surface area contributed by atoms with Crippen LogP contribution >= 0.6 is 0 Å². The molecule has 0 atom stereocenters. The number of benzene rings is 11. The average Bonchev–Trinajstić information content (AvgIpc) is 4.06. The van der Waals surface area contributed by atoms with Gasteiger partial charge in [-0.25, -0.2) is 15.0 Å². The number of fused-ring (bicyclic) bond motifs is 12. The van der Waals surface area contributed by atoms with E-state index in [0.29, 0.717) is 17.5 Å². The molecule has 0 bridgehead atoms. The van der Waals surface area contributed by atoms with Gasteiger partial charge in [-0.15, -0.1) is 0 Å². The van der Waals surface area contributed by atoms with Gasteiger partial charge in [0.2, 0.25) is 0 Å². The summed E-state index contributed by atoms with van der Waals surface area (Å²) in [5.41, 5.74) is 10.7. The third kappa shape index (κ3) is 5.69. The van der Waals surface area contributed by atoms with Crippen LogP contribution in [-0.2, 0) is 0 Å². The number of para-hydroxylation sites is 3. The molecule has 69 heavy (non-hydrogen) atoms. The molecule has 15 aromatic rings. The van der Waals surface area contributed by atoms with Gasteiger partial charge in [0, 0.05) is 49.3 Å². The van der Waals surface area contributed by atoms with Gasteiger partial charge in [-0.2, -0.15) is 0 Å². The summed E-state index contributed by atoms with van der Waals surface area (Å²) in [7, 11) is 0. The molecule has 320 valence electrons. The summed E-state index contributed by atoms with van der Waals surface area (Å²) in [6.07, 6.45) is 0. The first kappa shape index (κ1) is 37.8. The highest BCUT2D eigenvalue weighted by atomic mass is 16.3. The van der Waals surface area contributed by atoms with E-state index in [2.05, 4.69) is 228 Å². The molecule has 0 N–H and O–H groups in total. The van der Waals surface area contributed by atoms with Crippen LogP contribution < -0.4 is 0 Å². The van der Waals surface area contributed by atoms with Gasteiger partial charge in [-0.3, -0.25) is 0 Å². The van der Waals surface area contributed by atoms with Crippen LogP contribution in [-0.4, -0.2) is 24.1 Å². The quantitative estimate of drug-likeness (QED) is 0.173. The molecule has 6 nitrogen and oxygen atoms in total. The molecule has 0 amide bonds. The van der Waals surface area contributed by atoms with Gasteiger partial charge in [0.25, 0.3) is 0 Å². The Balaban J connectivity index is 1.06. The van der Waals surface area contributed by atoms with Gasteiger partial charge >= 0.3 is 0 Å². The van der Waals surface area contributed by atoms with Crippen LogP contribution in [0.2, 0.25) is 0 Å². The summed E-state index contributed by atoms with van der Waals surface area (Å²) >= 11 is 0. The standard InChI is InChI=1S/C63H37N5O/c1-2-22-44(23-3-1)67-52-29-12-10-25-47(52)59-49(28-15-30-53(59)67)63-65-61(64-62(66-63)46-27-14-21-38-16-8-9-24-45(38)46)43-36-56(60-48-26-11-13-31-57(48)69-58(60)37-43)68-54-34-41-19-6-4-17-39(41)32-50(54)51-33-40-18-5-7-20-42(40)35-55(51)68/h1-37H. The van der Waals surface area contributed by atoms with E-state index in [1.165, 1.54) is 32.3 Å². The second-order valence-electron chi connectivity index (χ2n) is 18.0. The van der Waals surface area contributed by atoms with Crippen molar-refractivity contribution in [1.29, 1.82) is 0 Å². The predicted octanol–water partition coefficient (Wildman–Crippen LogP) is 16.4. The van der Waals surface area contributed by atoms with E-state index in [4.69, 9.17) is 19.4 Å². The lowest BCUT2D eigenvalue weighted by Crippen LogP contribution is -2.02. The Bertz CT molecular complexity index is 4520. The van der Waals surface area contributed by atoms with Crippen LogP contribution in [0.1, 0.15) is 0 Å². The number of hydrogen-bond donors (Lipinski definition) is 0. The second-order valence-corrected chi connectivity index (χ2v) is 18.0. The third-order valence-corrected chi connectivity index (χ3v) is 14.1. The molecule has 6 heteroatoms. The predicted molar refractivity (Wildman–Crippen MR) is 285 cm³/mol. The van der Waals surface area contributed by atoms with E-state index in [-0.39, 0.29) is 0 Å². The van der Waals surface area contributed by atoms with Crippen molar-refractivity contribution in [2.45, 2.75) is 0 Å². The van der Waals surface area contributed by atoms with Crippen LogP contribution in [0.15, 0.2) is 229 Å². The second kappa shape index (κ2) is 14.6. The maximum atomic E-state index is 6.87. The molecule has 0 aliphatic heterocycles. The van der Waals surface area contributed by atoms with Crippen LogP contribution in [0, 0.1) is 0 Å². The maximum Gasteiger partial charge on any atom is 0.164 e. The van der Waals surface area contributed by atoms with Gasteiger partial charge < -0.3 is 13.6 Å². The lowest BCUT2D eigenvalue weighted by molar-refractivity contribution is 0.669. The number of nitrogens with zero attached hydrogens (tertiary/aromatic N) is 5. The highest BCUT2D eigenvalue weighted by molar-refractivity contribution is 6.20. The fourth-order valence-electron chi connectivity index (χ4n) is 11.0. The molecule has 0 aliphatic rings. The average molecular weight is 880 g/mol. The van der Waals surface area contributed by atoms with E-state index in [9.17, 15) is 0 Å². The molecule has 15 rings (SSSR count). The highest BCUT2D eigenvalue weighted by Gasteiger charge is 2.24. The van der Waals surface area contributed by atoms with E-state index in [1.807, 2.05) is 6.07 Å². The van der Waals surface area contributed by atoms with Crippen molar-refractivity contribution >= 4 is 97.9 Å². The molecule has 11 aromatic carbocycles.